The number of carboxylic acids is 2. The minimum atomic E-state index is -1.04. The molecule has 2 atom stereocenters. The summed E-state index contributed by atoms with van der Waals surface area (Å²) < 4.78 is 14.2. The molecule has 3 aromatic carbocycles. The average Bonchev–Trinajstić information content (AvgIpc) is 0.922. The smallest absolute Gasteiger partial charge is 0.373 e. The van der Waals surface area contributed by atoms with Gasteiger partial charge in [-0.25, -0.2) is 4.79 Å². The van der Waals surface area contributed by atoms with Gasteiger partial charge in [-0.3, -0.25) is 38.4 Å². The number of hydrogen-bond donors (Lipinski definition) is 5. The van der Waals surface area contributed by atoms with E-state index in [1.54, 1.807) is 63.2 Å². The number of ketones is 2. The number of Topliss-reactive ketones (excluding diaryl/α,β-unsaturated/α-hetero) is 2. The molecule has 27 heteroatoms. The summed E-state index contributed by atoms with van der Waals surface area (Å²) in [5, 5.41) is 43.8. The van der Waals surface area contributed by atoms with Crippen LogP contribution in [0.1, 0.15) is 178 Å². The fraction of sp³-hybridized carbons (Fsp3) is 0.508. The molecule has 0 saturated carbocycles. The zero-order valence-corrected chi connectivity index (χ0v) is 53.9. The van der Waals surface area contributed by atoms with Crippen molar-refractivity contribution in [2.75, 3.05) is 35.4 Å². The molecule has 92 heavy (non-hydrogen) atoms. The van der Waals surface area contributed by atoms with E-state index in [0.717, 1.165) is 25.2 Å². The number of rotatable bonds is 23. The number of aliphatic carboxylic acids is 2. The Bertz CT molecular complexity index is 2810. The van der Waals surface area contributed by atoms with Crippen LogP contribution in [0.5, 0.6) is 11.5 Å². The van der Waals surface area contributed by atoms with E-state index in [1.165, 1.54) is 35.8 Å². The van der Waals surface area contributed by atoms with Crippen LogP contribution in [0.2, 0.25) is 0 Å². The van der Waals surface area contributed by atoms with Crippen molar-refractivity contribution >= 4 is 95.0 Å². The average molecular weight is 1300 g/mol. The molecule has 0 spiro atoms. The topological polar surface area (TPSA) is 438 Å². The van der Waals surface area contributed by atoms with Crippen LogP contribution in [0.25, 0.3) is 0 Å². The number of amides is 2. The fourth-order valence-electron chi connectivity index (χ4n) is 7.29. The summed E-state index contributed by atoms with van der Waals surface area (Å²) in [7, 11) is 0. The number of nitrogens with zero attached hydrogens (tertiary/aromatic N) is 3. The number of esters is 3. The van der Waals surface area contributed by atoms with Gasteiger partial charge in [-0.1, -0.05) is 77.2 Å². The van der Waals surface area contributed by atoms with Gasteiger partial charge in [0, 0.05) is 56.6 Å². The molecule has 0 aliphatic heterocycles. The summed E-state index contributed by atoms with van der Waals surface area (Å²) >= 11 is 0. The first kappa shape index (κ1) is 98.2. The van der Waals surface area contributed by atoms with E-state index in [4.69, 9.17) is 64.2 Å². The minimum Gasteiger partial charge on any atom is -0.508 e. The monoisotopic (exact) mass is 1300 g/mol. The number of aryl methyl sites for hydroxylation is 3. The van der Waals surface area contributed by atoms with Gasteiger partial charge in [0.05, 0.1) is 56.4 Å². The number of nitriles is 1. The first-order valence-electron chi connectivity index (χ1n) is 28.0. The van der Waals surface area contributed by atoms with E-state index >= 15 is 0 Å². The number of aldehydes is 1. The molecule has 0 saturated heterocycles. The second-order valence-corrected chi connectivity index (χ2v) is 18.9. The summed E-state index contributed by atoms with van der Waals surface area (Å²) in [6.07, 6.45) is 3.12. The summed E-state index contributed by atoms with van der Waals surface area (Å²) in [5.41, 5.74) is 10.3. The van der Waals surface area contributed by atoms with Gasteiger partial charge >= 0.3 is 42.3 Å². The third-order valence-electron chi connectivity index (χ3n) is 10.9. The highest BCUT2D eigenvalue weighted by atomic mass is 16.5. The number of carbonyl (C=O) groups is 10. The summed E-state index contributed by atoms with van der Waals surface area (Å²) in [6.45, 7) is 26.9. The highest BCUT2D eigenvalue weighted by Gasteiger charge is 2.34. The maximum absolute atomic E-state index is 12.8. The predicted octanol–water partition coefficient (Wildman–Crippen LogP) is 8.94. The lowest BCUT2D eigenvalue weighted by atomic mass is 9.94. The molecular weight excluding hydrogens is 1200 g/mol. The first-order valence-corrected chi connectivity index (χ1v) is 28.0. The Morgan fingerprint density at radius 1 is 0.543 bits per heavy atom. The number of carboxylic acid groups (broad SMARTS) is 2. The van der Waals surface area contributed by atoms with Crippen LogP contribution < -0.4 is 15.5 Å². The molecule has 6 N–H and O–H groups in total. The van der Waals surface area contributed by atoms with Crippen LogP contribution in [0.15, 0.2) is 54.6 Å². The molecule has 0 aliphatic carbocycles. The van der Waals surface area contributed by atoms with Crippen molar-refractivity contribution in [3.05, 3.63) is 76.9 Å². The number of aromatic hydroxyl groups is 2. The maximum atomic E-state index is 12.8. The van der Waals surface area contributed by atoms with E-state index in [2.05, 4.69) is 4.74 Å². The number of anilines is 3. The number of phenolic OH excluding ortho intramolecular Hbond substituents is 2. The Hall–Kier alpha value is -10.0. The molecule has 0 heterocycles. The molecule has 27 nitrogen and oxygen atoms in total. The Balaban J connectivity index is -0.000000162. The van der Waals surface area contributed by atoms with Gasteiger partial charge in [-0.05, 0) is 123 Å². The Kier molecular flexibility index (Phi) is 64.0. The Morgan fingerprint density at radius 3 is 1.16 bits per heavy atom. The third kappa shape index (κ3) is 47.1. The summed E-state index contributed by atoms with van der Waals surface area (Å²) in [6, 6.07) is 15.2. The van der Waals surface area contributed by atoms with Crippen molar-refractivity contribution in [3.8, 4) is 17.6 Å². The van der Waals surface area contributed by atoms with Crippen molar-refractivity contribution in [1.82, 2.24) is 0 Å². The number of phenols is 2. The van der Waals surface area contributed by atoms with Crippen LogP contribution in [0.4, 0.5) is 17.1 Å². The zero-order valence-electron chi connectivity index (χ0n) is 53.9. The second-order valence-electron chi connectivity index (χ2n) is 18.9. The molecule has 3 rings (SSSR count). The van der Waals surface area contributed by atoms with Gasteiger partial charge in [0.25, 0.3) is 5.97 Å². The molecule has 0 fully saturated rings. The SMILES string of the molecule is C.C.CC(=O)O.CC(C)C=O.CCOC(=O)CC#N.CCOC(=O)CCC(=O)C(C(C)C)N(C(C)=O)c1ccc(O)c(CC)c1.CCOC(=O)c1ccc(N)cc1CC.CCc1cc(N(C(C)=O)C(C(=O)CCC(=O)O)C(C)C)ccc1O.O=C=O.O=C=O.O=C=O. The largest absolute Gasteiger partial charge is 0.508 e. The van der Waals surface area contributed by atoms with E-state index in [0.29, 0.717) is 59.8 Å². The number of nitrogen functional groups attached to an aromatic ring is 1. The highest BCUT2D eigenvalue weighted by Crippen LogP contribution is 2.30. The van der Waals surface area contributed by atoms with Gasteiger partial charge in [0.2, 0.25) is 11.8 Å². The van der Waals surface area contributed by atoms with Crippen molar-refractivity contribution in [2.24, 2.45) is 17.8 Å². The number of carbonyl (C=O) groups excluding carboxylic acids is 14. The number of hydrogen-bond acceptors (Lipinski definition) is 23. The Morgan fingerprint density at radius 2 is 0.880 bits per heavy atom. The van der Waals surface area contributed by atoms with E-state index in [1.807, 2.05) is 68.4 Å². The summed E-state index contributed by atoms with van der Waals surface area (Å²) in [5.74, 6) is -3.85. The van der Waals surface area contributed by atoms with Crippen molar-refractivity contribution in [3.63, 3.8) is 0 Å². The van der Waals surface area contributed by atoms with Gasteiger partial charge in [0.1, 0.15) is 24.2 Å². The lowest BCUT2D eigenvalue weighted by Crippen LogP contribution is -2.47. The molecule has 0 bridgehead atoms. The number of nitrogens with two attached hydrogens (primary N) is 1. The van der Waals surface area contributed by atoms with E-state index < -0.39 is 36.0 Å². The molecule has 2 unspecified atom stereocenters. The minimum absolute atomic E-state index is 0. The molecule has 3 aromatic rings. The lowest BCUT2D eigenvalue weighted by Gasteiger charge is -2.33. The standard InChI is InChI=1S/C20H29NO5.C18H25NO5.C11H15NO2.C5H7NO2.C4H8O.C2H4O2.3CO2.2CH4/c1-6-15-12-16(8-9-17(15)23)21(14(5)22)20(13(3)4)18(24)10-11-19(25)26-7-2;1-5-13-10-14(6-7-15(13)21)19(12(4)20)18(11(2)3)16(22)8-9-17(23)24;1-3-8-7-9(12)5-6-10(8)11(13)14-4-2;1-2-8-5(7)3-4-6;1-4(2)3-5;1-2(3)4;3*2-1-3;;/h8-9,12-13,20,23H,6-7,10-11H2,1-5H3;6-7,10-11,18,21H,5,8-9H2,1-4H3,(H,23,24);5-7H,3-4,12H2,1-2H3;2-3H2,1H3;3-4H,1-2H3;1H3,(H,3,4);;;;2*1H4. The zero-order chi connectivity index (χ0) is 71.2. The molecular formula is C65H96N4O23. The van der Waals surface area contributed by atoms with Gasteiger partial charge in [-0.2, -0.15) is 34.0 Å². The number of benzene rings is 3. The van der Waals surface area contributed by atoms with Crippen molar-refractivity contribution < 1.29 is 111 Å². The second kappa shape index (κ2) is 59.9. The van der Waals surface area contributed by atoms with E-state index in [-0.39, 0.29) is 131 Å². The Labute approximate surface area is 539 Å². The van der Waals surface area contributed by atoms with E-state index in [9.17, 15) is 53.4 Å². The van der Waals surface area contributed by atoms with Crippen LogP contribution in [-0.4, -0.2) is 130 Å². The van der Waals surface area contributed by atoms with Crippen LogP contribution >= 0.6 is 0 Å². The quantitative estimate of drug-likeness (QED) is 0.0256. The highest BCUT2D eigenvalue weighted by molar-refractivity contribution is 6.02. The van der Waals surface area contributed by atoms with Gasteiger partial charge in [0.15, 0.2) is 11.6 Å². The van der Waals surface area contributed by atoms with Gasteiger partial charge < -0.3 is 55.0 Å². The van der Waals surface area contributed by atoms with Crippen molar-refractivity contribution in [2.45, 2.75) is 182 Å². The van der Waals surface area contributed by atoms with Crippen LogP contribution in [-0.2, 0) is 105 Å². The first-order chi connectivity index (χ1) is 42.1. The fourth-order valence-corrected chi connectivity index (χ4v) is 7.29. The lowest BCUT2D eigenvalue weighted by molar-refractivity contribution is -0.193. The maximum Gasteiger partial charge on any atom is 0.373 e. The number of ether oxygens (including phenoxy) is 3. The molecule has 0 aromatic heterocycles. The molecule has 0 aliphatic rings. The van der Waals surface area contributed by atoms with Crippen LogP contribution in [0.3, 0.4) is 0 Å². The van der Waals surface area contributed by atoms with Crippen LogP contribution in [0, 0.1) is 29.1 Å². The normalized spacial score (nSPS) is 9.66. The third-order valence-corrected chi connectivity index (χ3v) is 10.9. The predicted molar refractivity (Wildman–Crippen MR) is 337 cm³/mol. The molecule has 2 amide bonds. The van der Waals surface area contributed by atoms with Gasteiger partial charge in [-0.15, -0.1) is 0 Å². The molecule has 0 radical (unpaired) electrons. The van der Waals surface area contributed by atoms with Crippen molar-refractivity contribution in [1.29, 1.82) is 5.26 Å². The summed E-state index contributed by atoms with van der Waals surface area (Å²) in [4.78, 5) is 164. The molecule has 514 valence electrons.